The van der Waals surface area contributed by atoms with Crippen molar-refractivity contribution >= 4 is 17.4 Å². The van der Waals surface area contributed by atoms with Gasteiger partial charge < -0.3 is 9.80 Å². The zero-order chi connectivity index (χ0) is 18.1. The Morgan fingerprint density at radius 2 is 2.04 bits per heavy atom. The van der Waals surface area contributed by atoms with E-state index in [4.69, 9.17) is 0 Å². The predicted molar refractivity (Wildman–Crippen MR) is 104 cm³/mol. The number of carbonyl (C=O) groups excluding carboxylic acids is 1. The second kappa shape index (κ2) is 7.06. The lowest BCUT2D eigenvalue weighted by atomic mass is 10.00. The zero-order valence-electron chi connectivity index (χ0n) is 15.6. The van der Waals surface area contributed by atoms with E-state index in [2.05, 4.69) is 27.9 Å². The number of anilines is 2. The van der Waals surface area contributed by atoms with Gasteiger partial charge in [0.1, 0.15) is 17.3 Å². The summed E-state index contributed by atoms with van der Waals surface area (Å²) in [6.07, 6.45) is 5.66. The van der Waals surface area contributed by atoms with Gasteiger partial charge in [-0.2, -0.15) is 0 Å². The molecular formula is C21H26N4O. The summed E-state index contributed by atoms with van der Waals surface area (Å²) < 4.78 is 0. The summed E-state index contributed by atoms with van der Waals surface area (Å²) in [6, 6.07) is 10.5. The largest absolute Gasteiger partial charge is 0.354 e. The first-order valence-corrected chi connectivity index (χ1v) is 9.69. The van der Waals surface area contributed by atoms with E-state index in [-0.39, 0.29) is 5.91 Å². The fourth-order valence-corrected chi connectivity index (χ4v) is 4.22. The summed E-state index contributed by atoms with van der Waals surface area (Å²) >= 11 is 0. The molecule has 1 amide bonds. The number of para-hydroxylation sites is 1. The molecule has 0 saturated carbocycles. The van der Waals surface area contributed by atoms with E-state index in [0.29, 0.717) is 17.6 Å². The number of aromatic nitrogens is 2. The number of rotatable bonds is 3. The lowest BCUT2D eigenvalue weighted by Crippen LogP contribution is -2.40. The highest BCUT2D eigenvalue weighted by atomic mass is 16.2. The van der Waals surface area contributed by atoms with E-state index in [1.165, 1.54) is 24.8 Å². The van der Waals surface area contributed by atoms with Crippen LogP contribution in [0.3, 0.4) is 0 Å². The molecule has 3 heterocycles. The molecule has 2 aromatic rings. The first kappa shape index (κ1) is 17.0. The number of carbonyl (C=O) groups is 1. The molecule has 0 spiro atoms. The van der Waals surface area contributed by atoms with Crippen molar-refractivity contribution in [2.75, 3.05) is 22.9 Å². The third-order valence-corrected chi connectivity index (χ3v) is 5.57. The number of hydrogen-bond donors (Lipinski definition) is 0. The van der Waals surface area contributed by atoms with Crippen molar-refractivity contribution in [3.63, 3.8) is 0 Å². The average Bonchev–Trinajstić information content (AvgIpc) is 3.11. The van der Waals surface area contributed by atoms with Crippen LogP contribution in [0, 0.1) is 6.92 Å². The van der Waals surface area contributed by atoms with Gasteiger partial charge in [0.2, 0.25) is 0 Å². The highest BCUT2D eigenvalue weighted by Gasteiger charge is 2.28. The SMILES string of the molecule is CCC1CCCCN1c1cc(C(=O)N2CCc3ccccc32)nc(C)n1. The van der Waals surface area contributed by atoms with Crippen LogP contribution < -0.4 is 9.80 Å². The summed E-state index contributed by atoms with van der Waals surface area (Å²) in [5, 5.41) is 0. The standard InChI is InChI=1S/C21H26N4O/c1-3-17-9-6-7-12-24(17)20-14-18(22-15(2)23-20)21(26)25-13-11-16-8-4-5-10-19(16)25/h4-5,8,10,14,17H,3,6-7,9,11-13H2,1-2H3. The van der Waals surface area contributed by atoms with Crippen molar-refractivity contribution in [2.24, 2.45) is 0 Å². The molecule has 5 heteroatoms. The van der Waals surface area contributed by atoms with E-state index < -0.39 is 0 Å². The number of aryl methyl sites for hydroxylation is 1. The Morgan fingerprint density at radius 1 is 1.19 bits per heavy atom. The minimum atomic E-state index is -0.0215. The number of fused-ring (bicyclic) bond motifs is 1. The summed E-state index contributed by atoms with van der Waals surface area (Å²) in [5.41, 5.74) is 2.75. The van der Waals surface area contributed by atoms with Crippen LogP contribution in [0.5, 0.6) is 0 Å². The topological polar surface area (TPSA) is 49.3 Å². The van der Waals surface area contributed by atoms with Crippen LogP contribution in [0.25, 0.3) is 0 Å². The van der Waals surface area contributed by atoms with Crippen molar-refractivity contribution in [3.05, 3.63) is 47.4 Å². The van der Waals surface area contributed by atoms with Crippen LogP contribution in [0.15, 0.2) is 30.3 Å². The van der Waals surface area contributed by atoms with Gasteiger partial charge in [0.15, 0.2) is 0 Å². The Labute approximate surface area is 155 Å². The van der Waals surface area contributed by atoms with Gasteiger partial charge in [-0.15, -0.1) is 0 Å². The van der Waals surface area contributed by atoms with Gasteiger partial charge >= 0.3 is 0 Å². The van der Waals surface area contributed by atoms with Crippen molar-refractivity contribution in [3.8, 4) is 0 Å². The van der Waals surface area contributed by atoms with Gasteiger partial charge in [0.25, 0.3) is 5.91 Å². The molecule has 1 saturated heterocycles. The van der Waals surface area contributed by atoms with Crippen LogP contribution >= 0.6 is 0 Å². The molecule has 1 atom stereocenters. The quantitative estimate of drug-likeness (QED) is 0.846. The Bertz CT molecular complexity index is 819. The fourth-order valence-electron chi connectivity index (χ4n) is 4.22. The van der Waals surface area contributed by atoms with Crippen molar-refractivity contribution < 1.29 is 4.79 Å². The van der Waals surface area contributed by atoms with Gasteiger partial charge in [0.05, 0.1) is 0 Å². The molecule has 5 nitrogen and oxygen atoms in total. The molecule has 0 bridgehead atoms. The molecule has 26 heavy (non-hydrogen) atoms. The van der Waals surface area contributed by atoms with Gasteiger partial charge in [-0.25, -0.2) is 9.97 Å². The average molecular weight is 350 g/mol. The normalized spacial score (nSPS) is 19.5. The minimum Gasteiger partial charge on any atom is -0.354 e. The molecule has 0 aliphatic carbocycles. The van der Waals surface area contributed by atoms with E-state index >= 15 is 0 Å². The van der Waals surface area contributed by atoms with Crippen molar-refractivity contribution in [1.82, 2.24) is 9.97 Å². The van der Waals surface area contributed by atoms with Crippen molar-refractivity contribution in [2.45, 2.75) is 52.0 Å². The summed E-state index contributed by atoms with van der Waals surface area (Å²) in [7, 11) is 0. The lowest BCUT2D eigenvalue weighted by Gasteiger charge is -2.36. The molecular weight excluding hydrogens is 324 g/mol. The second-order valence-corrected chi connectivity index (χ2v) is 7.25. The first-order valence-electron chi connectivity index (χ1n) is 9.69. The Kier molecular flexibility index (Phi) is 4.62. The first-order chi connectivity index (χ1) is 12.7. The molecule has 2 aliphatic heterocycles. The molecule has 0 radical (unpaired) electrons. The molecule has 1 aromatic carbocycles. The van der Waals surface area contributed by atoms with E-state index in [1.807, 2.05) is 36.1 Å². The predicted octanol–water partition coefficient (Wildman–Crippen LogP) is 3.76. The van der Waals surface area contributed by atoms with E-state index in [1.54, 1.807) is 0 Å². The highest BCUT2D eigenvalue weighted by molar-refractivity contribution is 6.06. The Balaban J connectivity index is 1.65. The maximum absolute atomic E-state index is 13.2. The van der Waals surface area contributed by atoms with Gasteiger partial charge in [-0.05, 0) is 50.7 Å². The molecule has 136 valence electrons. The van der Waals surface area contributed by atoms with Crippen LogP contribution in [-0.2, 0) is 6.42 Å². The Hall–Kier alpha value is -2.43. The van der Waals surface area contributed by atoms with Gasteiger partial charge in [-0.1, -0.05) is 25.1 Å². The molecule has 1 unspecified atom stereocenters. The summed E-state index contributed by atoms with van der Waals surface area (Å²) in [5.74, 6) is 1.55. The smallest absolute Gasteiger partial charge is 0.277 e. The number of piperidine rings is 1. The third kappa shape index (κ3) is 3.06. The molecule has 0 N–H and O–H groups in total. The van der Waals surface area contributed by atoms with Crippen LogP contribution in [-0.4, -0.2) is 35.0 Å². The van der Waals surface area contributed by atoms with E-state index in [9.17, 15) is 4.79 Å². The minimum absolute atomic E-state index is 0.0215. The summed E-state index contributed by atoms with van der Waals surface area (Å²) in [6.45, 7) is 5.83. The Morgan fingerprint density at radius 3 is 2.88 bits per heavy atom. The maximum atomic E-state index is 13.2. The van der Waals surface area contributed by atoms with Crippen LogP contribution in [0.4, 0.5) is 11.5 Å². The molecule has 4 rings (SSSR count). The second-order valence-electron chi connectivity index (χ2n) is 7.25. The van der Waals surface area contributed by atoms with Crippen LogP contribution in [0.2, 0.25) is 0 Å². The molecule has 1 aromatic heterocycles. The molecule has 1 fully saturated rings. The van der Waals surface area contributed by atoms with Crippen LogP contribution in [0.1, 0.15) is 54.5 Å². The third-order valence-electron chi connectivity index (χ3n) is 5.57. The van der Waals surface area contributed by atoms with E-state index in [0.717, 1.165) is 37.4 Å². The van der Waals surface area contributed by atoms with Gasteiger partial charge in [0, 0.05) is 30.9 Å². The highest BCUT2D eigenvalue weighted by Crippen LogP contribution is 2.30. The maximum Gasteiger partial charge on any atom is 0.277 e. The number of amides is 1. The lowest BCUT2D eigenvalue weighted by molar-refractivity contribution is 0.0984. The van der Waals surface area contributed by atoms with Crippen molar-refractivity contribution in [1.29, 1.82) is 0 Å². The zero-order valence-corrected chi connectivity index (χ0v) is 15.6. The fraction of sp³-hybridized carbons (Fsp3) is 0.476. The molecule has 2 aliphatic rings. The number of benzene rings is 1. The number of nitrogens with zero attached hydrogens (tertiary/aromatic N) is 4. The monoisotopic (exact) mass is 350 g/mol. The summed E-state index contributed by atoms with van der Waals surface area (Å²) in [4.78, 5) is 26.5. The van der Waals surface area contributed by atoms with Gasteiger partial charge in [-0.3, -0.25) is 4.79 Å². The number of hydrogen-bond acceptors (Lipinski definition) is 4.